The van der Waals surface area contributed by atoms with Gasteiger partial charge in [0.05, 0.1) is 16.9 Å². The Morgan fingerprint density at radius 2 is 2.11 bits per heavy atom. The lowest BCUT2D eigenvalue weighted by Gasteiger charge is -2.25. The molecule has 0 bridgehead atoms. The SMILES string of the molecule is Cc1ccc(C(C)(O)c2c(Cl)cnn2C(C)C)s1. The smallest absolute Gasteiger partial charge is 0.139 e. The molecule has 0 saturated heterocycles. The monoisotopic (exact) mass is 284 g/mol. The van der Waals surface area contributed by atoms with Crippen LogP contribution in [0, 0.1) is 6.92 Å². The zero-order valence-corrected chi connectivity index (χ0v) is 12.5. The maximum atomic E-state index is 10.8. The second-order valence-corrected chi connectivity index (χ2v) is 6.56. The maximum absolute atomic E-state index is 10.8. The van der Waals surface area contributed by atoms with Gasteiger partial charge < -0.3 is 5.11 Å². The predicted octanol–water partition coefficient (Wildman–Crippen LogP) is 3.74. The molecule has 1 N–H and O–H groups in total. The second-order valence-electron chi connectivity index (χ2n) is 4.86. The topological polar surface area (TPSA) is 38.1 Å². The van der Waals surface area contributed by atoms with Gasteiger partial charge in [0.15, 0.2) is 0 Å². The van der Waals surface area contributed by atoms with E-state index < -0.39 is 5.60 Å². The number of aliphatic hydroxyl groups is 1. The fourth-order valence-electron chi connectivity index (χ4n) is 2.00. The molecule has 0 saturated carbocycles. The summed E-state index contributed by atoms with van der Waals surface area (Å²) in [5.74, 6) is 0. The van der Waals surface area contributed by atoms with Crippen molar-refractivity contribution in [2.45, 2.75) is 39.3 Å². The van der Waals surface area contributed by atoms with Crippen LogP contribution in [0.25, 0.3) is 0 Å². The van der Waals surface area contributed by atoms with Gasteiger partial charge in [-0.05, 0) is 39.8 Å². The minimum absolute atomic E-state index is 0.153. The molecule has 1 unspecified atom stereocenters. The predicted molar refractivity (Wildman–Crippen MR) is 75.4 cm³/mol. The van der Waals surface area contributed by atoms with Crippen molar-refractivity contribution in [3.8, 4) is 0 Å². The van der Waals surface area contributed by atoms with Crippen molar-refractivity contribution in [2.24, 2.45) is 0 Å². The second kappa shape index (κ2) is 4.68. The Balaban J connectivity index is 2.56. The first kappa shape index (κ1) is 13.6. The molecule has 1 atom stereocenters. The van der Waals surface area contributed by atoms with Gasteiger partial charge in [0.2, 0.25) is 0 Å². The lowest BCUT2D eigenvalue weighted by molar-refractivity contribution is 0.0940. The molecule has 0 aliphatic carbocycles. The standard InChI is InChI=1S/C13H17ClN2OS/c1-8(2)16-12(10(14)7-15-16)13(4,17)11-6-5-9(3)18-11/h5-8,17H,1-4H3. The van der Waals surface area contributed by atoms with Crippen molar-refractivity contribution < 1.29 is 5.11 Å². The highest BCUT2D eigenvalue weighted by Crippen LogP contribution is 2.38. The van der Waals surface area contributed by atoms with Crippen LogP contribution in [0.5, 0.6) is 0 Å². The Hall–Kier alpha value is -0.840. The molecule has 3 nitrogen and oxygen atoms in total. The van der Waals surface area contributed by atoms with Crippen LogP contribution >= 0.6 is 22.9 Å². The van der Waals surface area contributed by atoms with Gasteiger partial charge in [-0.3, -0.25) is 4.68 Å². The van der Waals surface area contributed by atoms with Crippen LogP contribution in [0.15, 0.2) is 18.3 Å². The van der Waals surface area contributed by atoms with Crippen LogP contribution in [0.1, 0.15) is 42.3 Å². The van der Waals surface area contributed by atoms with Crippen LogP contribution in [0.4, 0.5) is 0 Å². The van der Waals surface area contributed by atoms with Crippen molar-refractivity contribution in [3.05, 3.63) is 38.8 Å². The molecular weight excluding hydrogens is 268 g/mol. The first-order valence-corrected chi connectivity index (χ1v) is 7.06. The lowest BCUT2D eigenvalue weighted by Crippen LogP contribution is -2.27. The number of rotatable bonds is 3. The molecule has 2 aromatic rings. The number of halogens is 1. The van der Waals surface area contributed by atoms with Gasteiger partial charge in [-0.15, -0.1) is 11.3 Å². The van der Waals surface area contributed by atoms with Gasteiger partial charge in [0, 0.05) is 15.8 Å². The van der Waals surface area contributed by atoms with E-state index in [4.69, 9.17) is 11.6 Å². The summed E-state index contributed by atoms with van der Waals surface area (Å²) in [6.45, 7) is 7.82. The molecule has 0 fully saturated rings. The van der Waals surface area contributed by atoms with Gasteiger partial charge in [-0.25, -0.2) is 0 Å². The molecular formula is C13H17ClN2OS. The number of thiophene rings is 1. The van der Waals surface area contributed by atoms with Gasteiger partial charge >= 0.3 is 0 Å². The number of aromatic nitrogens is 2. The zero-order valence-electron chi connectivity index (χ0n) is 10.9. The van der Waals surface area contributed by atoms with E-state index in [1.54, 1.807) is 29.1 Å². The minimum Gasteiger partial charge on any atom is -0.378 e. The molecule has 0 aliphatic heterocycles. The zero-order chi connectivity index (χ0) is 13.5. The highest BCUT2D eigenvalue weighted by atomic mass is 35.5. The van der Waals surface area contributed by atoms with E-state index in [-0.39, 0.29) is 6.04 Å². The molecule has 5 heteroatoms. The molecule has 2 aromatic heterocycles. The van der Waals surface area contributed by atoms with Gasteiger partial charge in [-0.1, -0.05) is 11.6 Å². The van der Waals surface area contributed by atoms with Crippen LogP contribution in [-0.2, 0) is 5.60 Å². The van der Waals surface area contributed by atoms with E-state index in [1.807, 2.05) is 32.9 Å². The summed E-state index contributed by atoms with van der Waals surface area (Å²) in [4.78, 5) is 2.04. The molecule has 0 aliphatic rings. The Morgan fingerprint density at radius 1 is 1.44 bits per heavy atom. The summed E-state index contributed by atoms with van der Waals surface area (Å²) in [6, 6.07) is 4.09. The number of aryl methyl sites for hydroxylation is 1. The van der Waals surface area contributed by atoms with Gasteiger partial charge in [-0.2, -0.15) is 5.10 Å². The summed E-state index contributed by atoms with van der Waals surface area (Å²) in [5.41, 5.74) is -0.461. The van der Waals surface area contributed by atoms with E-state index in [9.17, 15) is 5.11 Å². The molecule has 98 valence electrons. The lowest BCUT2D eigenvalue weighted by atomic mass is 10.00. The largest absolute Gasteiger partial charge is 0.378 e. The first-order chi connectivity index (χ1) is 8.34. The number of hydrogen-bond donors (Lipinski definition) is 1. The molecule has 0 radical (unpaired) electrons. The van der Waals surface area contributed by atoms with E-state index in [0.717, 1.165) is 9.75 Å². The Labute approximate surface area is 116 Å². The summed E-state index contributed by atoms with van der Waals surface area (Å²) in [7, 11) is 0. The third kappa shape index (κ3) is 2.20. The normalized spacial score (nSPS) is 15.1. The molecule has 2 rings (SSSR count). The Morgan fingerprint density at radius 3 is 2.61 bits per heavy atom. The summed E-state index contributed by atoms with van der Waals surface area (Å²) in [6.07, 6.45) is 1.59. The highest BCUT2D eigenvalue weighted by molar-refractivity contribution is 7.12. The van der Waals surface area contributed by atoms with Crippen LogP contribution in [-0.4, -0.2) is 14.9 Å². The number of nitrogens with zero attached hydrogens (tertiary/aromatic N) is 2. The van der Waals surface area contributed by atoms with E-state index >= 15 is 0 Å². The van der Waals surface area contributed by atoms with Crippen molar-refractivity contribution in [1.82, 2.24) is 9.78 Å². The van der Waals surface area contributed by atoms with Gasteiger partial charge in [0.1, 0.15) is 5.60 Å². The van der Waals surface area contributed by atoms with E-state index in [2.05, 4.69) is 5.10 Å². The fraction of sp³-hybridized carbons (Fsp3) is 0.462. The third-order valence-corrected chi connectivity index (χ3v) is 4.41. The Bertz CT molecular complexity index is 557. The van der Waals surface area contributed by atoms with Gasteiger partial charge in [0.25, 0.3) is 0 Å². The Kier molecular flexibility index (Phi) is 3.54. The fourth-order valence-corrected chi connectivity index (χ4v) is 3.23. The molecule has 0 spiro atoms. The average Bonchev–Trinajstić information content (AvgIpc) is 2.84. The number of hydrogen-bond acceptors (Lipinski definition) is 3. The van der Waals surface area contributed by atoms with Crippen LogP contribution in [0.2, 0.25) is 5.02 Å². The van der Waals surface area contributed by atoms with Crippen LogP contribution in [0.3, 0.4) is 0 Å². The van der Waals surface area contributed by atoms with Crippen molar-refractivity contribution in [3.63, 3.8) is 0 Å². The van der Waals surface area contributed by atoms with Crippen molar-refractivity contribution in [2.75, 3.05) is 0 Å². The van der Waals surface area contributed by atoms with E-state index in [0.29, 0.717) is 10.7 Å². The molecule has 0 aromatic carbocycles. The highest BCUT2D eigenvalue weighted by Gasteiger charge is 2.34. The van der Waals surface area contributed by atoms with Crippen molar-refractivity contribution in [1.29, 1.82) is 0 Å². The van der Waals surface area contributed by atoms with E-state index in [1.165, 1.54) is 0 Å². The van der Waals surface area contributed by atoms with Crippen molar-refractivity contribution >= 4 is 22.9 Å². The summed E-state index contributed by atoms with van der Waals surface area (Å²) < 4.78 is 1.78. The summed E-state index contributed by atoms with van der Waals surface area (Å²) >= 11 is 7.76. The molecule has 2 heterocycles. The van der Waals surface area contributed by atoms with Crippen LogP contribution < -0.4 is 0 Å². The third-order valence-electron chi connectivity index (χ3n) is 2.92. The molecule has 0 amide bonds. The maximum Gasteiger partial charge on any atom is 0.139 e. The minimum atomic E-state index is -1.11. The quantitative estimate of drug-likeness (QED) is 0.932. The summed E-state index contributed by atoms with van der Waals surface area (Å²) in [5, 5.41) is 15.6. The molecule has 18 heavy (non-hydrogen) atoms. The average molecular weight is 285 g/mol. The first-order valence-electron chi connectivity index (χ1n) is 5.86.